The van der Waals surface area contributed by atoms with Crippen LogP contribution in [0.2, 0.25) is 0 Å². The van der Waals surface area contributed by atoms with Crippen LogP contribution in [-0.2, 0) is 4.79 Å². The topological polar surface area (TPSA) is 66.8 Å². The Balaban J connectivity index is 0.000000160. The maximum atomic E-state index is 10.0. The molecular formula is C12H16O4. The Morgan fingerprint density at radius 3 is 2.12 bits per heavy atom. The molecule has 0 radical (unpaired) electrons. The fourth-order valence-electron chi connectivity index (χ4n) is 1.35. The minimum Gasteiger partial charge on any atom is -0.497 e. The summed E-state index contributed by atoms with van der Waals surface area (Å²) < 4.78 is 4.91. The number of aliphatic hydroxyl groups excluding tert-OH is 1. The predicted octanol–water partition coefficient (Wildman–Crippen LogP) is 1.54. The van der Waals surface area contributed by atoms with Gasteiger partial charge >= 0.3 is 5.97 Å². The molecule has 1 aliphatic carbocycles. The van der Waals surface area contributed by atoms with E-state index in [2.05, 4.69) is 0 Å². The number of methoxy groups -OCH3 is 1. The van der Waals surface area contributed by atoms with Gasteiger partial charge in [-0.25, -0.2) is 0 Å². The van der Waals surface area contributed by atoms with Crippen LogP contribution in [0.1, 0.15) is 12.8 Å². The van der Waals surface area contributed by atoms with E-state index in [1.165, 1.54) is 0 Å². The lowest BCUT2D eigenvalue weighted by Crippen LogP contribution is -2.33. The molecule has 0 unspecified atom stereocenters. The third-order valence-electron chi connectivity index (χ3n) is 2.44. The molecule has 1 aromatic rings. The Morgan fingerprint density at radius 2 is 1.88 bits per heavy atom. The van der Waals surface area contributed by atoms with Gasteiger partial charge in [-0.2, -0.15) is 0 Å². The molecule has 88 valence electrons. The number of para-hydroxylation sites is 1. The van der Waals surface area contributed by atoms with E-state index >= 15 is 0 Å². The zero-order valence-electron chi connectivity index (χ0n) is 9.17. The summed E-state index contributed by atoms with van der Waals surface area (Å²) in [5.74, 6) is -0.146. The van der Waals surface area contributed by atoms with E-state index in [1.54, 1.807) is 7.11 Å². The number of aliphatic hydroxyl groups is 1. The molecule has 4 heteroatoms. The van der Waals surface area contributed by atoms with E-state index in [4.69, 9.17) is 14.9 Å². The number of hydrogen-bond acceptors (Lipinski definition) is 3. The fraction of sp³-hybridized carbons (Fsp3) is 0.417. The Hall–Kier alpha value is -1.55. The zero-order chi connectivity index (χ0) is 12.0. The normalized spacial score (nSPS) is 22.4. The number of carboxylic acids is 1. The molecular weight excluding hydrogens is 208 g/mol. The highest BCUT2D eigenvalue weighted by Gasteiger charge is 2.32. The molecule has 2 rings (SSSR count). The smallest absolute Gasteiger partial charge is 0.306 e. The molecule has 1 aromatic carbocycles. The lowest BCUT2D eigenvalue weighted by atomic mass is 9.83. The average Bonchev–Trinajstić information content (AvgIpc) is 2.26. The lowest BCUT2D eigenvalue weighted by molar-refractivity contribution is -0.148. The van der Waals surface area contributed by atoms with Crippen molar-refractivity contribution < 1.29 is 19.7 Å². The van der Waals surface area contributed by atoms with Gasteiger partial charge in [0.05, 0.1) is 19.1 Å². The number of carbonyl (C=O) groups is 1. The molecule has 0 aliphatic heterocycles. The molecule has 0 aromatic heterocycles. The molecule has 0 heterocycles. The molecule has 16 heavy (non-hydrogen) atoms. The maximum Gasteiger partial charge on any atom is 0.306 e. The highest BCUT2D eigenvalue weighted by molar-refractivity contribution is 5.71. The molecule has 1 aliphatic rings. The van der Waals surface area contributed by atoms with Gasteiger partial charge in [0.2, 0.25) is 0 Å². The van der Waals surface area contributed by atoms with Crippen molar-refractivity contribution in [3.63, 3.8) is 0 Å². The maximum absolute atomic E-state index is 10.0. The van der Waals surface area contributed by atoms with Gasteiger partial charge in [0.25, 0.3) is 0 Å². The van der Waals surface area contributed by atoms with Crippen LogP contribution < -0.4 is 4.74 Å². The molecule has 2 N–H and O–H groups in total. The first kappa shape index (κ1) is 12.5. The molecule has 0 amide bonds. The van der Waals surface area contributed by atoms with Gasteiger partial charge in [-0.3, -0.25) is 4.79 Å². The third kappa shape index (κ3) is 3.90. The van der Waals surface area contributed by atoms with E-state index in [1.807, 2.05) is 30.3 Å². The first-order valence-electron chi connectivity index (χ1n) is 5.13. The summed E-state index contributed by atoms with van der Waals surface area (Å²) in [6, 6.07) is 9.68. The molecule has 0 bridgehead atoms. The minimum atomic E-state index is -0.782. The first-order chi connectivity index (χ1) is 7.63. The van der Waals surface area contributed by atoms with E-state index in [0.717, 1.165) is 5.75 Å². The summed E-state index contributed by atoms with van der Waals surface area (Å²) in [4.78, 5) is 10.0. The minimum absolute atomic E-state index is 0.273. The Bertz CT molecular complexity index is 317. The summed E-state index contributed by atoms with van der Waals surface area (Å²) in [5, 5.41) is 16.8. The second kappa shape index (κ2) is 6.12. The van der Waals surface area contributed by atoms with Gasteiger partial charge in [-0.05, 0) is 25.0 Å². The van der Waals surface area contributed by atoms with Crippen molar-refractivity contribution in [3.05, 3.63) is 30.3 Å². The van der Waals surface area contributed by atoms with Crippen molar-refractivity contribution in [1.29, 1.82) is 0 Å². The molecule has 1 saturated carbocycles. The van der Waals surface area contributed by atoms with Crippen molar-refractivity contribution in [2.45, 2.75) is 18.9 Å². The quantitative estimate of drug-likeness (QED) is 0.799. The van der Waals surface area contributed by atoms with E-state index < -0.39 is 5.97 Å². The molecule has 4 nitrogen and oxygen atoms in total. The molecule has 0 atom stereocenters. The highest BCUT2D eigenvalue weighted by atomic mass is 16.5. The van der Waals surface area contributed by atoms with Crippen LogP contribution in [0.25, 0.3) is 0 Å². The summed E-state index contributed by atoms with van der Waals surface area (Å²) >= 11 is 0. The number of aliphatic carboxylic acids is 1. The third-order valence-corrected chi connectivity index (χ3v) is 2.44. The van der Waals surface area contributed by atoms with Crippen molar-refractivity contribution in [2.75, 3.05) is 7.11 Å². The van der Waals surface area contributed by atoms with E-state index in [-0.39, 0.29) is 12.0 Å². The van der Waals surface area contributed by atoms with E-state index in [0.29, 0.717) is 12.8 Å². The number of ether oxygens (including phenoxy) is 1. The van der Waals surface area contributed by atoms with Crippen LogP contribution in [0.3, 0.4) is 0 Å². The molecule has 1 fully saturated rings. The number of benzene rings is 1. The van der Waals surface area contributed by atoms with Crippen molar-refractivity contribution in [3.8, 4) is 5.75 Å². The SMILES string of the molecule is COc1ccccc1.O=C(O)C1CC(O)C1. The van der Waals surface area contributed by atoms with Gasteiger partial charge in [0.1, 0.15) is 5.75 Å². The van der Waals surface area contributed by atoms with Crippen LogP contribution in [0.15, 0.2) is 30.3 Å². The Morgan fingerprint density at radius 1 is 1.31 bits per heavy atom. The second-order valence-electron chi connectivity index (χ2n) is 3.68. The first-order valence-corrected chi connectivity index (χ1v) is 5.13. The van der Waals surface area contributed by atoms with Gasteiger partial charge in [0, 0.05) is 0 Å². The summed E-state index contributed by atoms with van der Waals surface area (Å²) in [6.07, 6.45) is 0.529. The number of rotatable bonds is 2. The van der Waals surface area contributed by atoms with Gasteiger partial charge in [-0.15, -0.1) is 0 Å². The van der Waals surface area contributed by atoms with Gasteiger partial charge in [-0.1, -0.05) is 18.2 Å². The van der Waals surface area contributed by atoms with Crippen LogP contribution in [-0.4, -0.2) is 29.4 Å². The average molecular weight is 224 g/mol. The van der Waals surface area contributed by atoms with Gasteiger partial charge < -0.3 is 14.9 Å². The van der Waals surface area contributed by atoms with Crippen LogP contribution >= 0.6 is 0 Å². The molecule has 0 spiro atoms. The zero-order valence-corrected chi connectivity index (χ0v) is 9.17. The lowest BCUT2D eigenvalue weighted by Gasteiger charge is -2.27. The largest absolute Gasteiger partial charge is 0.497 e. The highest BCUT2D eigenvalue weighted by Crippen LogP contribution is 2.26. The number of carboxylic acid groups (broad SMARTS) is 1. The van der Waals surface area contributed by atoms with Crippen molar-refractivity contribution in [2.24, 2.45) is 5.92 Å². The monoisotopic (exact) mass is 224 g/mol. The van der Waals surface area contributed by atoms with Gasteiger partial charge in [0.15, 0.2) is 0 Å². The van der Waals surface area contributed by atoms with E-state index in [9.17, 15) is 4.79 Å². The summed E-state index contributed by atoms with van der Waals surface area (Å²) in [5.41, 5.74) is 0. The predicted molar refractivity (Wildman–Crippen MR) is 59.4 cm³/mol. The Labute approximate surface area is 94.5 Å². The van der Waals surface area contributed by atoms with Crippen LogP contribution in [0.5, 0.6) is 5.75 Å². The van der Waals surface area contributed by atoms with Crippen molar-refractivity contribution >= 4 is 5.97 Å². The van der Waals surface area contributed by atoms with Crippen molar-refractivity contribution in [1.82, 2.24) is 0 Å². The van der Waals surface area contributed by atoms with Crippen LogP contribution in [0, 0.1) is 5.92 Å². The standard InChI is InChI=1S/C7H8O.C5H8O3/c1-8-7-5-3-2-4-6-7;6-4-1-3(2-4)5(7)8/h2-6H,1H3;3-4,6H,1-2H2,(H,7,8). The van der Waals surface area contributed by atoms with Crippen LogP contribution in [0.4, 0.5) is 0 Å². The summed E-state index contributed by atoms with van der Waals surface area (Å²) in [6.45, 7) is 0. The Kier molecular flexibility index (Phi) is 4.79. The fourth-order valence-corrected chi connectivity index (χ4v) is 1.35. The number of hydrogen-bond donors (Lipinski definition) is 2. The molecule has 0 saturated heterocycles. The second-order valence-corrected chi connectivity index (χ2v) is 3.68. The summed E-state index contributed by atoms with van der Waals surface area (Å²) in [7, 11) is 1.66.